The molecule has 0 N–H and O–H groups in total. The van der Waals surface area contributed by atoms with Gasteiger partial charge < -0.3 is 14.4 Å². The van der Waals surface area contributed by atoms with Crippen molar-refractivity contribution >= 4 is 40.4 Å². The first-order valence-electron chi connectivity index (χ1n) is 9.93. The predicted molar refractivity (Wildman–Crippen MR) is 120 cm³/mol. The summed E-state index contributed by atoms with van der Waals surface area (Å²) < 4.78 is 11.6. The van der Waals surface area contributed by atoms with Gasteiger partial charge in [0.1, 0.15) is 0 Å². The van der Waals surface area contributed by atoms with E-state index >= 15 is 0 Å². The number of methoxy groups -OCH3 is 2. The summed E-state index contributed by atoms with van der Waals surface area (Å²) in [5.41, 5.74) is 1.09. The summed E-state index contributed by atoms with van der Waals surface area (Å²) in [5, 5.41) is 1.14. The van der Waals surface area contributed by atoms with E-state index in [0.717, 1.165) is 42.9 Å². The van der Waals surface area contributed by atoms with Crippen molar-refractivity contribution in [3.05, 3.63) is 33.8 Å². The lowest BCUT2D eigenvalue weighted by Crippen LogP contribution is -2.59. The molecule has 0 bridgehead atoms. The SMILES string of the molecule is COC1(OC)CCC(N(C)C(=S)Cc2ccc(Cl)c(Cl)c2)C(N2CCCC2)C1. The van der Waals surface area contributed by atoms with Crippen molar-refractivity contribution in [1.29, 1.82) is 0 Å². The van der Waals surface area contributed by atoms with E-state index < -0.39 is 5.79 Å². The van der Waals surface area contributed by atoms with Crippen LogP contribution in [0.5, 0.6) is 0 Å². The first kappa shape index (κ1) is 22.3. The Morgan fingerprint density at radius 2 is 1.89 bits per heavy atom. The molecule has 4 nitrogen and oxygen atoms in total. The molecule has 0 amide bonds. The van der Waals surface area contributed by atoms with E-state index in [2.05, 4.69) is 16.8 Å². The molecule has 1 aromatic carbocycles. The lowest BCUT2D eigenvalue weighted by molar-refractivity contribution is -0.237. The van der Waals surface area contributed by atoms with Crippen LogP contribution in [0.15, 0.2) is 18.2 Å². The number of hydrogen-bond acceptors (Lipinski definition) is 4. The number of halogens is 2. The molecule has 1 heterocycles. The van der Waals surface area contributed by atoms with Crippen LogP contribution >= 0.6 is 35.4 Å². The third kappa shape index (κ3) is 4.82. The Labute approximate surface area is 184 Å². The second-order valence-electron chi connectivity index (χ2n) is 7.87. The quantitative estimate of drug-likeness (QED) is 0.463. The molecule has 1 aromatic rings. The number of hydrogen-bond donors (Lipinski definition) is 0. The molecule has 7 heteroatoms. The number of ether oxygens (including phenoxy) is 2. The molecule has 156 valence electrons. The van der Waals surface area contributed by atoms with E-state index in [0.29, 0.717) is 28.5 Å². The van der Waals surface area contributed by atoms with Crippen LogP contribution in [0.25, 0.3) is 0 Å². The molecule has 3 rings (SSSR count). The predicted octanol–water partition coefficient (Wildman–Crippen LogP) is 4.80. The zero-order valence-electron chi connectivity index (χ0n) is 16.9. The van der Waals surface area contributed by atoms with Gasteiger partial charge >= 0.3 is 0 Å². The number of rotatable bonds is 6. The fraction of sp³-hybridized carbons (Fsp3) is 0.667. The molecule has 1 aliphatic carbocycles. The lowest BCUT2D eigenvalue weighted by atomic mass is 9.83. The van der Waals surface area contributed by atoms with Crippen LogP contribution in [-0.2, 0) is 15.9 Å². The second kappa shape index (κ2) is 9.59. The van der Waals surface area contributed by atoms with Gasteiger partial charge in [-0.1, -0.05) is 41.5 Å². The van der Waals surface area contributed by atoms with Gasteiger partial charge in [0.15, 0.2) is 5.79 Å². The van der Waals surface area contributed by atoms with E-state index in [9.17, 15) is 0 Å². The Morgan fingerprint density at radius 3 is 2.50 bits per heavy atom. The Morgan fingerprint density at radius 1 is 1.21 bits per heavy atom. The third-order valence-electron chi connectivity index (χ3n) is 6.37. The minimum Gasteiger partial charge on any atom is -0.364 e. The number of benzene rings is 1. The van der Waals surface area contributed by atoms with Gasteiger partial charge in [-0.15, -0.1) is 0 Å². The van der Waals surface area contributed by atoms with E-state index in [1.54, 1.807) is 14.2 Å². The van der Waals surface area contributed by atoms with Crippen molar-refractivity contribution in [2.75, 3.05) is 34.4 Å². The van der Waals surface area contributed by atoms with Crippen LogP contribution in [0.4, 0.5) is 0 Å². The largest absolute Gasteiger partial charge is 0.364 e. The molecular weight excluding hydrogens is 415 g/mol. The molecule has 1 aliphatic heterocycles. The fourth-order valence-electron chi connectivity index (χ4n) is 4.60. The van der Waals surface area contributed by atoms with Gasteiger partial charge in [0.25, 0.3) is 0 Å². The van der Waals surface area contributed by atoms with Gasteiger partial charge in [-0.25, -0.2) is 0 Å². The van der Waals surface area contributed by atoms with E-state index in [-0.39, 0.29) is 0 Å². The smallest absolute Gasteiger partial charge is 0.169 e. The highest BCUT2D eigenvalue weighted by Gasteiger charge is 2.45. The number of likely N-dealkylation sites (tertiary alicyclic amines) is 1. The molecule has 1 saturated carbocycles. The van der Waals surface area contributed by atoms with Gasteiger partial charge in [0.05, 0.1) is 15.0 Å². The first-order chi connectivity index (χ1) is 13.4. The Bertz CT molecular complexity index is 693. The maximum Gasteiger partial charge on any atom is 0.169 e. The average molecular weight is 445 g/mol. The molecule has 0 radical (unpaired) electrons. The molecule has 0 spiro atoms. The summed E-state index contributed by atoms with van der Waals surface area (Å²) in [4.78, 5) is 5.81. The summed E-state index contributed by atoms with van der Waals surface area (Å²) >= 11 is 18.0. The van der Waals surface area contributed by atoms with Gasteiger partial charge in [-0.05, 0) is 50.0 Å². The topological polar surface area (TPSA) is 24.9 Å². The van der Waals surface area contributed by atoms with Crippen LogP contribution in [0.1, 0.15) is 37.7 Å². The van der Waals surface area contributed by atoms with Gasteiger partial charge in [0.2, 0.25) is 0 Å². The van der Waals surface area contributed by atoms with Gasteiger partial charge in [0, 0.05) is 52.6 Å². The first-order valence-corrected chi connectivity index (χ1v) is 11.1. The van der Waals surface area contributed by atoms with Gasteiger partial charge in [-0.3, -0.25) is 4.90 Å². The maximum atomic E-state index is 6.17. The van der Waals surface area contributed by atoms with Crippen molar-refractivity contribution in [2.45, 2.75) is 56.4 Å². The summed E-state index contributed by atoms with van der Waals surface area (Å²) in [6, 6.07) is 6.46. The standard InChI is InChI=1S/C21H30Cl2N2O2S/c1-24(20(28)13-15-6-7-16(22)17(23)12-15)18-8-9-21(26-2,27-3)14-19(18)25-10-4-5-11-25/h6-7,12,18-19H,4-5,8-11,13-14H2,1-3H3. The molecule has 2 atom stereocenters. The van der Waals surface area contributed by atoms with Crippen molar-refractivity contribution in [3.8, 4) is 0 Å². The van der Waals surface area contributed by atoms with Crippen LogP contribution < -0.4 is 0 Å². The molecule has 2 unspecified atom stereocenters. The van der Waals surface area contributed by atoms with Crippen LogP contribution in [0.2, 0.25) is 10.0 Å². The number of nitrogens with zero attached hydrogens (tertiary/aromatic N) is 2. The molecule has 2 fully saturated rings. The van der Waals surface area contributed by atoms with Crippen molar-refractivity contribution < 1.29 is 9.47 Å². The van der Waals surface area contributed by atoms with E-state index in [1.807, 2.05) is 18.2 Å². The van der Waals surface area contributed by atoms with Crippen molar-refractivity contribution in [1.82, 2.24) is 9.80 Å². The molecule has 0 aromatic heterocycles. The Balaban J connectivity index is 1.74. The van der Waals surface area contributed by atoms with Crippen molar-refractivity contribution in [3.63, 3.8) is 0 Å². The highest BCUT2D eigenvalue weighted by Crippen LogP contribution is 2.38. The normalized spacial score (nSPS) is 25.0. The highest BCUT2D eigenvalue weighted by atomic mass is 35.5. The zero-order valence-corrected chi connectivity index (χ0v) is 19.2. The monoisotopic (exact) mass is 444 g/mol. The average Bonchev–Trinajstić information content (AvgIpc) is 3.24. The second-order valence-corrected chi connectivity index (χ2v) is 9.16. The van der Waals surface area contributed by atoms with E-state index in [1.165, 1.54) is 12.8 Å². The van der Waals surface area contributed by atoms with Crippen LogP contribution in [-0.4, -0.2) is 67.0 Å². The zero-order chi connectivity index (χ0) is 20.3. The summed E-state index contributed by atoms with van der Waals surface area (Å²) in [6.45, 7) is 2.27. The van der Waals surface area contributed by atoms with Crippen molar-refractivity contribution in [2.24, 2.45) is 0 Å². The summed E-state index contributed by atoms with van der Waals surface area (Å²) in [7, 11) is 5.63. The minimum atomic E-state index is -0.490. The fourth-order valence-corrected chi connectivity index (χ4v) is 5.23. The molecular formula is C21H30Cl2N2O2S. The van der Waals surface area contributed by atoms with Gasteiger partial charge in [-0.2, -0.15) is 0 Å². The number of likely N-dealkylation sites (N-methyl/N-ethyl adjacent to an activating group) is 1. The molecule has 2 aliphatic rings. The van der Waals surface area contributed by atoms with Crippen LogP contribution in [0.3, 0.4) is 0 Å². The summed E-state index contributed by atoms with van der Waals surface area (Å²) in [6.07, 6.45) is 5.92. The minimum absolute atomic E-state index is 0.354. The van der Waals surface area contributed by atoms with E-state index in [4.69, 9.17) is 44.9 Å². The Hall–Kier alpha value is -0.430. The number of thiocarbonyl (C=S) groups is 1. The highest BCUT2D eigenvalue weighted by molar-refractivity contribution is 7.80. The molecule has 28 heavy (non-hydrogen) atoms. The maximum absolute atomic E-state index is 6.17. The van der Waals surface area contributed by atoms with Crippen LogP contribution in [0, 0.1) is 0 Å². The Kier molecular flexibility index (Phi) is 7.62. The summed E-state index contributed by atoms with van der Waals surface area (Å²) in [5.74, 6) is -0.490. The third-order valence-corrected chi connectivity index (χ3v) is 7.54. The lowest BCUT2D eigenvalue weighted by Gasteiger charge is -2.49. The molecule has 1 saturated heterocycles.